The highest BCUT2D eigenvalue weighted by Gasteiger charge is 2.11. The number of rotatable bonds is 3. The summed E-state index contributed by atoms with van der Waals surface area (Å²) in [6.07, 6.45) is 0. The van der Waals surface area contributed by atoms with Gasteiger partial charge in [-0.15, -0.1) is 11.3 Å². The Morgan fingerprint density at radius 3 is 2.82 bits per heavy atom. The number of thiazole rings is 1. The van der Waals surface area contributed by atoms with Crippen molar-refractivity contribution in [3.05, 3.63) is 40.1 Å². The maximum Gasteiger partial charge on any atom is 0.148 e. The van der Waals surface area contributed by atoms with Crippen LogP contribution in [-0.2, 0) is 0 Å². The third-order valence-electron chi connectivity index (χ3n) is 2.37. The SMILES string of the molecule is Cc1csc(C(C)Nc2ccc(N)cc2F)n1. The lowest BCUT2D eigenvalue weighted by atomic mass is 10.2. The van der Waals surface area contributed by atoms with E-state index in [-0.39, 0.29) is 11.9 Å². The number of benzene rings is 1. The van der Waals surface area contributed by atoms with Crippen molar-refractivity contribution >= 4 is 22.7 Å². The summed E-state index contributed by atoms with van der Waals surface area (Å²) in [6.45, 7) is 3.89. The molecule has 0 fully saturated rings. The van der Waals surface area contributed by atoms with Gasteiger partial charge >= 0.3 is 0 Å². The minimum Gasteiger partial charge on any atom is -0.399 e. The number of halogens is 1. The van der Waals surface area contributed by atoms with Gasteiger partial charge in [0.05, 0.1) is 11.7 Å². The summed E-state index contributed by atoms with van der Waals surface area (Å²) in [5.74, 6) is -0.342. The molecule has 0 aliphatic rings. The number of nitrogens with two attached hydrogens (primary N) is 1. The van der Waals surface area contributed by atoms with Crippen LogP contribution in [0.1, 0.15) is 23.7 Å². The molecule has 0 saturated heterocycles. The number of nitrogen functional groups attached to an aromatic ring is 1. The Morgan fingerprint density at radius 2 is 2.24 bits per heavy atom. The summed E-state index contributed by atoms with van der Waals surface area (Å²) in [4.78, 5) is 4.36. The molecule has 1 aromatic carbocycles. The van der Waals surface area contributed by atoms with Gasteiger partial charge in [0.15, 0.2) is 0 Å². The fraction of sp³-hybridized carbons (Fsp3) is 0.250. The molecule has 1 aromatic heterocycles. The molecule has 0 bridgehead atoms. The van der Waals surface area contributed by atoms with Crippen LogP contribution in [0.3, 0.4) is 0 Å². The predicted molar refractivity (Wildman–Crippen MR) is 69.7 cm³/mol. The Kier molecular flexibility index (Phi) is 3.28. The normalized spacial score (nSPS) is 12.4. The second kappa shape index (κ2) is 4.71. The van der Waals surface area contributed by atoms with E-state index in [0.29, 0.717) is 11.4 Å². The number of aromatic nitrogens is 1. The Labute approximate surface area is 103 Å². The lowest BCUT2D eigenvalue weighted by Gasteiger charge is -2.13. The number of hydrogen-bond donors (Lipinski definition) is 2. The molecule has 1 heterocycles. The van der Waals surface area contributed by atoms with Crippen LogP contribution in [0.5, 0.6) is 0 Å². The summed E-state index contributed by atoms with van der Waals surface area (Å²) < 4.78 is 13.6. The first kappa shape index (κ1) is 11.9. The van der Waals surface area contributed by atoms with Crippen LogP contribution in [-0.4, -0.2) is 4.98 Å². The molecule has 2 aromatic rings. The number of nitrogens with zero attached hydrogens (tertiary/aromatic N) is 1. The highest BCUT2D eigenvalue weighted by molar-refractivity contribution is 7.09. The second-order valence-electron chi connectivity index (χ2n) is 3.93. The van der Waals surface area contributed by atoms with E-state index in [1.54, 1.807) is 23.5 Å². The summed E-state index contributed by atoms with van der Waals surface area (Å²) in [5.41, 5.74) is 7.34. The first-order valence-electron chi connectivity index (χ1n) is 5.30. The van der Waals surface area contributed by atoms with E-state index in [2.05, 4.69) is 10.3 Å². The zero-order valence-corrected chi connectivity index (χ0v) is 10.5. The van der Waals surface area contributed by atoms with E-state index in [9.17, 15) is 4.39 Å². The highest BCUT2D eigenvalue weighted by atomic mass is 32.1. The van der Waals surface area contributed by atoms with Crippen molar-refractivity contribution in [1.82, 2.24) is 4.98 Å². The predicted octanol–water partition coefficient (Wildman–Crippen LogP) is 3.35. The van der Waals surface area contributed by atoms with Gasteiger partial charge in [0.2, 0.25) is 0 Å². The lowest BCUT2D eigenvalue weighted by Crippen LogP contribution is -2.08. The molecule has 0 amide bonds. The minimum atomic E-state index is -0.342. The number of nitrogens with one attached hydrogen (secondary N) is 1. The monoisotopic (exact) mass is 251 g/mol. The molecule has 0 aliphatic carbocycles. The van der Waals surface area contributed by atoms with Gasteiger partial charge in [0.25, 0.3) is 0 Å². The molecule has 3 N–H and O–H groups in total. The third kappa shape index (κ3) is 2.74. The second-order valence-corrected chi connectivity index (χ2v) is 4.82. The van der Waals surface area contributed by atoms with Gasteiger partial charge in [-0.1, -0.05) is 0 Å². The maximum absolute atomic E-state index is 13.6. The van der Waals surface area contributed by atoms with E-state index in [4.69, 9.17) is 5.73 Å². The third-order valence-corrected chi connectivity index (χ3v) is 3.52. The Bertz CT molecular complexity index is 524. The summed E-state index contributed by atoms with van der Waals surface area (Å²) >= 11 is 1.57. The summed E-state index contributed by atoms with van der Waals surface area (Å²) in [5, 5.41) is 6.01. The molecular formula is C12H14FN3S. The first-order valence-corrected chi connectivity index (χ1v) is 6.18. The molecule has 1 atom stereocenters. The Balaban J connectivity index is 2.15. The Morgan fingerprint density at radius 1 is 1.47 bits per heavy atom. The van der Waals surface area contributed by atoms with Gasteiger partial charge in [0, 0.05) is 16.8 Å². The van der Waals surface area contributed by atoms with Crippen LogP contribution < -0.4 is 11.1 Å². The fourth-order valence-corrected chi connectivity index (χ4v) is 2.32. The maximum atomic E-state index is 13.6. The average Bonchev–Trinajstić information content (AvgIpc) is 2.69. The standard InChI is InChI=1S/C12H14FN3S/c1-7-6-17-12(15-7)8(2)16-11-4-3-9(14)5-10(11)13/h3-6,8,16H,14H2,1-2H3. The van der Waals surface area contributed by atoms with E-state index >= 15 is 0 Å². The Hall–Kier alpha value is -1.62. The number of hydrogen-bond acceptors (Lipinski definition) is 4. The van der Waals surface area contributed by atoms with Gasteiger partial charge in [0.1, 0.15) is 10.8 Å². The number of anilines is 2. The molecule has 3 nitrogen and oxygen atoms in total. The van der Waals surface area contributed by atoms with Crippen molar-refractivity contribution in [2.75, 3.05) is 11.1 Å². The van der Waals surface area contributed by atoms with Crippen LogP contribution >= 0.6 is 11.3 Å². The molecule has 0 spiro atoms. The lowest BCUT2D eigenvalue weighted by molar-refractivity contribution is 0.628. The molecular weight excluding hydrogens is 237 g/mol. The number of aryl methyl sites for hydroxylation is 1. The largest absolute Gasteiger partial charge is 0.399 e. The molecule has 2 rings (SSSR count). The summed E-state index contributed by atoms with van der Waals surface area (Å²) in [7, 11) is 0. The van der Waals surface area contributed by atoms with Crippen molar-refractivity contribution in [2.24, 2.45) is 0 Å². The van der Waals surface area contributed by atoms with Crippen LogP contribution in [0.25, 0.3) is 0 Å². The quantitative estimate of drug-likeness (QED) is 0.822. The van der Waals surface area contributed by atoms with Crippen molar-refractivity contribution in [3.63, 3.8) is 0 Å². The zero-order valence-electron chi connectivity index (χ0n) is 9.70. The van der Waals surface area contributed by atoms with Gasteiger partial charge in [-0.2, -0.15) is 0 Å². The molecule has 17 heavy (non-hydrogen) atoms. The first-order chi connectivity index (χ1) is 8.06. The van der Waals surface area contributed by atoms with Crippen LogP contribution in [0, 0.1) is 12.7 Å². The molecule has 0 aliphatic heterocycles. The van der Waals surface area contributed by atoms with E-state index in [0.717, 1.165) is 10.7 Å². The minimum absolute atomic E-state index is 0.0215. The highest BCUT2D eigenvalue weighted by Crippen LogP contribution is 2.24. The van der Waals surface area contributed by atoms with Gasteiger partial charge in [-0.05, 0) is 32.0 Å². The van der Waals surface area contributed by atoms with E-state index in [1.165, 1.54) is 6.07 Å². The fourth-order valence-electron chi connectivity index (χ4n) is 1.51. The van der Waals surface area contributed by atoms with Crippen LogP contribution in [0.2, 0.25) is 0 Å². The van der Waals surface area contributed by atoms with Gasteiger partial charge in [-0.3, -0.25) is 0 Å². The molecule has 0 radical (unpaired) electrons. The van der Waals surface area contributed by atoms with Crippen molar-refractivity contribution in [3.8, 4) is 0 Å². The van der Waals surface area contributed by atoms with E-state index in [1.807, 2.05) is 19.2 Å². The van der Waals surface area contributed by atoms with E-state index < -0.39 is 0 Å². The zero-order chi connectivity index (χ0) is 12.4. The van der Waals surface area contributed by atoms with Gasteiger partial charge < -0.3 is 11.1 Å². The smallest absolute Gasteiger partial charge is 0.148 e. The topological polar surface area (TPSA) is 50.9 Å². The molecule has 1 unspecified atom stereocenters. The average molecular weight is 251 g/mol. The van der Waals surface area contributed by atoms with Crippen molar-refractivity contribution in [1.29, 1.82) is 0 Å². The molecule has 5 heteroatoms. The van der Waals surface area contributed by atoms with Crippen molar-refractivity contribution < 1.29 is 4.39 Å². The summed E-state index contributed by atoms with van der Waals surface area (Å²) in [6, 6.07) is 4.60. The van der Waals surface area contributed by atoms with Crippen LogP contribution in [0.15, 0.2) is 23.6 Å². The van der Waals surface area contributed by atoms with Gasteiger partial charge in [-0.25, -0.2) is 9.37 Å². The van der Waals surface area contributed by atoms with Crippen LogP contribution in [0.4, 0.5) is 15.8 Å². The molecule has 90 valence electrons. The molecule has 0 saturated carbocycles. The van der Waals surface area contributed by atoms with Crippen molar-refractivity contribution in [2.45, 2.75) is 19.9 Å².